The molecule has 3 heteroatoms. The van der Waals surface area contributed by atoms with Gasteiger partial charge in [-0.25, -0.2) is 21.2 Å². The van der Waals surface area contributed by atoms with Crippen LogP contribution >= 0.6 is 21.2 Å². The third kappa shape index (κ3) is 4.82. The molecular formula is C3H7INS-. The second-order valence-corrected chi connectivity index (χ2v) is 4.49. The number of hydrogen-bond donors (Lipinski definition) is 1. The Kier molecular flexibility index (Phi) is 4.54. The Labute approximate surface area is 52.8 Å². The van der Waals surface area contributed by atoms with E-state index >= 15 is 0 Å². The molecule has 1 nitrogen and oxygen atoms in total. The van der Waals surface area contributed by atoms with E-state index in [1.54, 1.807) is 0 Å². The first kappa shape index (κ1) is 6.82. The number of rotatable bonds is 1. The van der Waals surface area contributed by atoms with Crippen molar-refractivity contribution in [3.63, 3.8) is 0 Å². The summed E-state index contributed by atoms with van der Waals surface area (Å²) < 4.78 is 3.00. The largest absolute Gasteiger partial charge is 0.403 e. The fourth-order valence-electron chi connectivity index (χ4n) is 0.138. The summed E-state index contributed by atoms with van der Waals surface area (Å²) in [5, 5.41) is 0. The standard InChI is InChI=1S/C3H7INS/c1-3-5-6(2)4/h2,5H,3H2,1H3/q-1. The lowest BCUT2D eigenvalue weighted by atomic mass is 10.8. The summed E-state index contributed by atoms with van der Waals surface area (Å²) in [6, 6.07) is 0. The molecule has 0 aliphatic carbocycles. The molecule has 0 aromatic heterocycles. The fourth-order valence-corrected chi connectivity index (χ4v) is 1.35. The highest BCUT2D eigenvalue weighted by Gasteiger charge is 1.55. The second-order valence-electron chi connectivity index (χ2n) is 0.782. The molecule has 0 saturated heterocycles. The van der Waals surface area contributed by atoms with Gasteiger partial charge in [-0.1, -0.05) is 6.92 Å². The molecule has 6 heavy (non-hydrogen) atoms. The average Bonchev–Trinajstić information content (AvgIpc) is 1.35. The molecule has 0 aromatic rings. The van der Waals surface area contributed by atoms with Crippen LogP contribution in [0, 0.1) is 5.69 Å². The van der Waals surface area contributed by atoms with Gasteiger partial charge in [-0.2, -0.15) is 0 Å². The van der Waals surface area contributed by atoms with E-state index in [4.69, 9.17) is 5.69 Å². The van der Waals surface area contributed by atoms with E-state index in [1.807, 2.05) is 6.92 Å². The molecule has 0 saturated carbocycles. The Hall–Kier alpha value is 0.820. The van der Waals surface area contributed by atoms with Crippen LogP contribution in [0.2, 0.25) is 0 Å². The van der Waals surface area contributed by atoms with Gasteiger partial charge in [0.1, 0.15) is 0 Å². The van der Waals surface area contributed by atoms with Crippen molar-refractivity contribution in [1.29, 1.82) is 0 Å². The number of nitrogens with one attached hydrogen (secondary N) is 1. The molecule has 0 spiro atoms. The van der Waals surface area contributed by atoms with Crippen LogP contribution in [0.4, 0.5) is 0 Å². The van der Waals surface area contributed by atoms with Crippen molar-refractivity contribution in [2.75, 3.05) is 6.54 Å². The predicted molar refractivity (Wildman–Crippen MR) is 40.0 cm³/mol. The zero-order chi connectivity index (χ0) is 4.99. The number of hydrogen-bond acceptors (Lipinski definition) is 2. The third-order valence-electron chi connectivity index (χ3n) is 0.282. The number of halogens is 1. The Bertz CT molecular complexity index is 82.5. The third-order valence-corrected chi connectivity index (χ3v) is 1.78. The molecule has 0 bridgehead atoms. The maximum atomic E-state index is 5.31. The first-order valence-corrected chi connectivity index (χ1v) is 5.49. The molecule has 0 atom stereocenters. The van der Waals surface area contributed by atoms with Gasteiger partial charge in [0.15, 0.2) is 0 Å². The SMILES string of the molecule is C#[S-](I)NCC. The highest BCUT2D eigenvalue weighted by molar-refractivity contribution is 14.2. The molecule has 0 fully saturated rings. The van der Waals surface area contributed by atoms with Gasteiger partial charge in [-0.05, 0) is 6.54 Å². The lowest BCUT2D eigenvalue weighted by molar-refractivity contribution is 1.04. The smallest absolute Gasteiger partial charge is 0.0256 e. The van der Waals surface area contributed by atoms with E-state index in [2.05, 4.69) is 25.9 Å². The summed E-state index contributed by atoms with van der Waals surface area (Å²) in [5.41, 5.74) is 5.31. The van der Waals surface area contributed by atoms with Crippen molar-refractivity contribution in [3.05, 3.63) is 0 Å². The minimum Gasteiger partial charge on any atom is -0.403 e. The monoisotopic (exact) mass is 216 g/mol. The molecule has 0 amide bonds. The lowest BCUT2D eigenvalue weighted by Gasteiger charge is -2.06. The molecule has 0 rings (SSSR count). The summed E-state index contributed by atoms with van der Waals surface area (Å²) in [5.74, 6) is 0. The quantitative estimate of drug-likeness (QED) is 0.510. The van der Waals surface area contributed by atoms with Crippen LogP contribution in [0.25, 0.3) is 0 Å². The molecule has 0 aliphatic rings. The molecule has 0 aliphatic heterocycles. The zero-order valence-corrected chi connectivity index (χ0v) is 6.54. The van der Waals surface area contributed by atoms with E-state index < -0.39 is 0 Å². The highest BCUT2D eigenvalue weighted by Crippen LogP contribution is 1.81. The summed E-state index contributed by atoms with van der Waals surface area (Å²) >= 11 is 2.14. The van der Waals surface area contributed by atoms with Crippen LogP contribution in [0.5, 0.6) is 0 Å². The minimum atomic E-state index is -0.0956. The van der Waals surface area contributed by atoms with Crippen LogP contribution in [-0.4, -0.2) is 6.54 Å². The van der Waals surface area contributed by atoms with Gasteiger partial charge in [0.2, 0.25) is 0 Å². The van der Waals surface area contributed by atoms with Crippen LogP contribution in [0.15, 0.2) is 0 Å². The Morgan fingerprint density at radius 1 is 2.00 bits per heavy atom. The van der Waals surface area contributed by atoms with Crippen LogP contribution in [0.1, 0.15) is 6.92 Å². The topological polar surface area (TPSA) is 12.0 Å². The molecule has 0 radical (unpaired) electrons. The summed E-state index contributed by atoms with van der Waals surface area (Å²) in [7, 11) is -0.0956. The maximum Gasteiger partial charge on any atom is -0.0256 e. The lowest BCUT2D eigenvalue weighted by Crippen LogP contribution is -2.06. The van der Waals surface area contributed by atoms with Crippen molar-refractivity contribution in [2.24, 2.45) is 0 Å². The summed E-state index contributed by atoms with van der Waals surface area (Å²) in [6.07, 6.45) is 0. The van der Waals surface area contributed by atoms with E-state index in [-0.39, 0.29) is 7.66 Å². The Morgan fingerprint density at radius 2 is 2.50 bits per heavy atom. The minimum absolute atomic E-state index is 0.0956. The second kappa shape index (κ2) is 3.99. The van der Waals surface area contributed by atoms with Crippen LogP contribution < -0.4 is 4.72 Å². The Balaban J connectivity index is 2.91. The van der Waals surface area contributed by atoms with Crippen molar-refractivity contribution in [3.8, 4) is 5.69 Å². The van der Waals surface area contributed by atoms with Crippen molar-refractivity contribution in [2.45, 2.75) is 6.92 Å². The van der Waals surface area contributed by atoms with E-state index in [1.165, 1.54) is 0 Å². The van der Waals surface area contributed by atoms with Crippen LogP contribution in [-0.2, 0) is 7.66 Å². The fraction of sp³-hybridized carbons (Fsp3) is 0.667. The maximum absolute atomic E-state index is 5.31. The van der Waals surface area contributed by atoms with Gasteiger partial charge >= 0.3 is 0 Å². The molecular weight excluding hydrogens is 209 g/mol. The summed E-state index contributed by atoms with van der Waals surface area (Å²) in [4.78, 5) is 0. The van der Waals surface area contributed by atoms with Gasteiger partial charge in [0.25, 0.3) is 0 Å². The van der Waals surface area contributed by atoms with Crippen molar-refractivity contribution >= 4 is 28.9 Å². The molecule has 0 heterocycles. The normalized spacial score (nSPS) is 9.67. The van der Waals surface area contributed by atoms with E-state index in [0.29, 0.717) is 0 Å². The van der Waals surface area contributed by atoms with Gasteiger partial charge in [0, 0.05) is 0 Å². The van der Waals surface area contributed by atoms with Crippen molar-refractivity contribution < 1.29 is 0 Å². The first-order valence-electron chi connectivity index (χ1n) is 1.65. The van der Waals surface area contributed by atoms with E-state index in [0.717, 1.165) is 6.54 Å². The molecule has 0 unspecified atom stereocenters. The molecule has 0 aromatic carbocycles. The first-order chi connectivity index (χ1) is 2.77. The van der Waals surface area contributed by atoms with Gasteiger partial charge < -0.3 is 12.4 Å². The Morgan fingerprint density at radius 3 is 2.50 bits per heavy atom. The zero-order valence-electron chi connectivity index (χ0n) is 3.57. The highest BCUT2D eigenvalue weighted by atomic mass is 127. The van der Waals surface area contributed by atoms with Crippen LogP contribution in [0.3, 0.4) is 0 Å². The van der Waals surface area contributed by atoms with Crippen molar-refractivity contribution in [1.82, 2.24) is 4.72 Å². The van der Waals surface area contributed by atoms with Gasteiger partial charge in [-0.15, -0.1) is 0 Å². The average molecular weight is 216 g/mol. The van der Waals surface area contributed by atoms with Gasteiger partial charge in [0.05, 0.1) is 0 Å². The summed E-state index contributed by atoms with van der Waals surface area (Å²) in [6.45, 7) is 2.99. The van der Waals surface area contributed by atoms with Gasteiger partial charge in [-0.3, -0.25) is 5.69 Å². The molecule has 1 N–H and O–H groups in total. The molecule has 38 valence electrons. The van der Waals surface area contributed by atoms with E-state index in [9.17, 15) is 0 Å². The predicted octanol–water partition coefficient (Wildman–Crippen LogP) is 1.07.